The van der Waals surface area contributed by atoms with Crippen molar-refractivity contribution < 1.29 is 22.7 Å². The van der Waals surface area contributed by atoms with E-state index in [4.69, 9.17) is 23.2 Å². The summed E-state index contributed by atoms with van der Waals surface area (Å²) in [7, 11) is -4.11. The third-order valence-corrected chi connectivity index (χ3v) is 8.50. The molecular formula is C20H21Cl2FN4O4S. The standard InChI is InChI=1S/C20H21Cl2FN4O4S/c21-12-4-5-16(26-20(29)25-15-3-1-2-13(23)17(15)22)18(28)19(12)32(30,31)27-9-7-14-11(10-27)6-8-24-14/h1-5,11,14,24,28H,6-10H2,(H2,25,26,29). The Morgan fingerprint density at radius 2 is 1.91 bits per heavy atom. The van der Waals surface area contributed by atoms with Crippen molar-refractivity contribution in [2.45, 2.75) is 23.8 Å². The molecule has 0 spiro atoms. The van der Waals surface area contributed by atoms with Crippen molar-refractivity contribution in [2.24, 2.45) is 5.92 Å². The number of carbonyl (C=O) groups excluding carboxylic acids is 1. The highest BCUT2D eigenvalue weighted by Gasteiger charge is 2.39. The number of urea groups is 1. The average molecular weight is 503 g/mol. The Balaban J connectivity index is 1.57. The van der Waals surface area contributed by atoms with Crippen LogP contribution in [0.2, 0.25) is 10.0 Å². The molecule has 0 aliphatic carbocycles. The predicted octanol–water partition coefficient (Wildman–Crippen LogP) is 3.85. The van der Waals surface area contributed by atoms with Crippen LogP contribution in [-0.4, -0.2) is 49.5 Å². The van der Waals surface area contributed by atoms with Crippen LogP contribution < -0.4 is 16.0 Å². The van der Waals surface area contributed by atoms with Crippen LogP contribution in [0.4, 0.5) is 20.6 Å². The fourth-order valence-electron chi connectivity index (χ4n) is 4.13. The minimum atomic E-state index is -4.11. The molecule has 0 radical (unpaired) electrons. The molecule has 32 heavy (non-hydrogen) atoms. The number of rotatable bonds is 4. The molecule has 2 atom stereocenters. The molecule has 2 aliphatic heterocycles. The number of sulfonamides is 1. The third kappa shape index (κ3) is 4.38. The monoisotopic (exact) mass is 502 g/mol. The maximum Gasteiger partial charge on any atom is 0.323 e. The zero-order valence-corrected chi connectivity index (χ0v) is 19.1. The Bertz CT molecular complexity index is 1160. The number of halogens is 3. The zero-order valence-electron chi connectivity index (χ0n) is 16.7. The summed E-state index contributed by atoms with van der Waals surface area (Å²) < 4.78 is 41.5. The van der Waals surface area contributed by atoms with Crippen LogP contribution in [0.25, 0.3) is 0 Å². The summed E-state index contributed by atoms with van der Waals surface area (Å²) in [4.78, 5) is 11.9. The number of anilines is 2. The van der Waals surface area contributed by atoms with Crippen molar-refractivity contribution in [3.05, 3.63) is 46.2 Å². The summed E-state index contributed by atoms with van der Waals surface area (Å²) in [6.07, 6.45) is 1.54. The second-order valence-corrected chi connectivity index (χ2v) is 10.4. The highest BCUT2D eigenvalue weighted by atomic mass is 35.5. The number of phenolic OH excluding ortho intramolecular Hbond substituents is 1. The van der Waals surface area contributed by atoms with Crippen molar-refractivity contribution in [1.82, 2.24) is 9.62 Å². The lowest BCUT2D eigenvalue weighted by Gasteiger charge is -2.34. The largest absolute Gasteiger partial charge is 0.504 e. The summed E-state index contributed by atoms with van der Waals surface area (Å²) in [5.41, 5.74) is -0.158. The number of carbonyl (C=O) groups is 1. The van der Waals surface area contributed by atoms with Gasteiger partial charge in [0.1, 0.15) is 10.7 Å². The van der Waals surface area contributed by atoms with Gasteiger partial charge in [0, 0.05) is 19.1 Å². The maximum atomic E-state index is 13.6. The molecule has 2 aromatic carbocycles. The molecular weight excluding hydrogens is 482 g/mol. The van der Waals surface area contributed by atoms with Crippen LogP contribution >= 0.6 is 23.2 Å². The predicted molar refractivity (Wildman–Crippen MR) is 120 cm³/mol. The molecule has 4 rings (SSSR count). The van der Waals surface area contributed by atoms with Gasteiger partial charge in [-0.2, -0.15) is 4.31 Å². The fourth-order valence-corrected chi connectivity index (χ4v) is 6.41. The first-order valence-corrected chi connectivity index (χ1v) is 12.1. The number of benzene rings is 2. The van der Waals surface area contributed by atoms with Crippen molar-refractivity contribution >= 4 is 50.6 Å². The summed E-state index contributed by atoms with van der Waals surface area (Å²) in [5.74, 6) is -1.19. The quantitative estimate of drug-likeness (QED) is 0.474. The van der Waals surface area contributed by atoms with Crippen molar-refractivity contribution in [3.63, 3.8) is 0 Å². The Hall–Kier alpha value is -2.11. The number of piperidine rings is 1. The molecule has 0 aromatic heterocycles. The van der Waals surface area contributed by atoms with Gasteiger partial charge in [-0.25, -0.2) is 17.6 Å². The van der Waals surface area contributed by atoms with Gasteiger partial charge in [0.25, 0.3) is 0 Å². The van der Waals surface area contributed by atoms with Crippen LogP contribution in [0, 0.1) is 11.7 Å². The number of fused-ring (bicyclic) bond motifs is 1. The van der Waals surface area contributed by atoms with E-state index in [0.717, 1.165) is 19.0 Å². The highest BCUT2D eigenvalue weighted by molar-refractivity contribution is 7.89. The zero-order chi connectivity index (χ0) is 23.0. The van der Waals surface area contributed by atoms with Gasteiger partial charge in [-0.3, -0.25) is 0 Å². The Morgan fingerprint density at radius 3 is 2.69 bits per heavy atom. The fraction of sp³-hybridized carbons (Fsp3) is 0.350. The molecule has 0 bridgehead atoms. The minimum absolute atomic E-state index is 0.0125. The lowest BCUT2D eigenvalue weighted by Crippen LogP contribution is -2.46. The molecule has 2 heterocycles. The van der Waals surface area contributed by atoms with Crippen LogP contribution in [0.5, 0.6) is 5.75 Å². The van der Waals surface area contributed by atoms with Crippen LogP contribution in [0.1, 0.15) is 12.8 Å². The van der Waals surface area contributed by atoms with E-state index in [1.165, 1.54) is 28.6 Å². The first-order chi connectivity index (χ1) is 15.2. The van der Waals surface area contributed by atoms with E-state index in [1.807, 2.05) is 0 Å². The summed E-state index contributed by atoms with van der Waals surface area (Å²) in [5, 5.41) is 18.3. The molecule has 172 valence electrons. The lowest BCUT2D eigenvalue weighted by molar-refractivity contribution is 0.246. The topological polar surface area (TPSA) is 111 Å². The first kappa shape index (κ1) is 23.1. The van der Waals surface area contributed by atoms with Crippen LogP contribution in [0.15, 0.2) is 35.2 Å². The number of hydrogen-bond acceptors (Lipinski definition) is 5. The molecule has 2 amide bonds. The van der Waals surface area contributed by atoms with E-state index >= 15 is 0 Å². The number of aromatic hydroxyl groups is 1. The van der Waals surface area contributed by atoms with Gasteiger partial charge >= 0.3 is 6.03 Å². The minimum Gasteiger partial charge on any atom is -0.504 e. The van der Waals surface area contributed by atoms with Gasteiger partial charge in [0.15, 0.2) is 5.75 Å². The van der Waals surface area contributed by atoms with Gasteiger partial charge in [-0.15, -0.1) is 0 Å². The van der Waals surface area contributed by atoms with Gasteiger partial charge < -0.3 is 21.1 Å². The summed E-state index contributed by atoms with van der Waals surface area (Å²) >= 11 is 12.0. The third-order valence-electron chi connectivity index (χ3n) is 5.75. The van der Waals surface area contributed by atoms with E-state index in [0.29, 0.717) is 19.5 Å². The molecule has 2 saturated heterocycles. The molecule has 8 nitrogen and oxygen atoms in total. The van der Waals surface area contributed by atoms with Gasteiger partial charge in [-0.05, 0) is 49.6 Å². The second-order valence-electron chi connectivity index (χ2n) is 7.71. The van der Waals surface area contributed by atoms with Gasteiger partial charge in [0.2, 0.25) is 10.0 Å². The molecule has 2 aliphatic rings. The molecule has 0 saturated carbocycles. The number of nitrogens with zero attached hydrogens (tertiary/aromatic N) is 1. The normalized spacial score (nSPS) is 21.2. The molecule has 2 fully saturated rings. The Kier molecular flexibility index (Phi) is 6.51. The molecule has 12 heteroatoms. The van der Waals surface area contributed by atoms with E-state index in [9.17, 15) is 22.7 Å². The SMILES string of the molecule is O=C(Nc1ccc(Cl)c(S(=O)(=O)N2CCC3NCCC3C2)c1O)Nc1cccc(F)c1Cl. The van der Waals surface area contributed by atoms with Crippen LogP contribution in [-0.2, 0) is 10.0 Å². The second kappa shape index (κ2) is 9.03. The Morgan fingerprint density at radius 1 is 1.16 bits per heavy atom. The first-order valence-electron chi connectivity index (χ1n) is 9.95. The molecule has 4 N–H and O–H groups in total. The molecule has 2 aromatic rings. The number of amides is 2. The maximum absolute atomic E-state index is 13.6. The van der Waals surface area contributed by atoms with Crippen LogP contribution in [0.3, 0.4) is 0 Å². The number of hydrogen-bond donors (Lipinski definition) is 4. The van der Waals surface area contributed by atoms with Crippen molar-refractivity contribution in [3.8, 4) is 5.75 Å². The Labute approximate surface area is 194 Å². The molecule has 2 unspecified atom stereocenters. The van der Waals surface area contributed by atoms with E-state index in [-0.39, 0.29) is 33.4 Å². The summed E-state index contributed by atoms with van der Waals surface area (Å²) in [6, 6.07) is 5.89. The average Bonchev–Trinajstić information content (AvgIpc) is 3.21. The highest BCUT2D eigenvalue weighted by Crippen LogP contribution is 2.40. The van der Waals surface area contributed by atoms with Crippen molar-refractivity contribution in [2.75, 3.05) is 30.3 Å². The smallest absolute Gasteiger partial charge is 0.323 e. The number of nitrogens with one attached hydrogen (secondary N) is 3. The van der Waals surface area contributed by atoms with Gasteiger partial charge in [-0.1, -0.05) is 29.3 Å². The van der Waals surface area contributed by atoms with E-state index < -0.39 is 32.5 Å². The van der Waals surface area contributed by atoms with E-state index in [1.54, 1.807) is 0 Å². The van der Waals surface area contributed by atoms with Gasteiger partial charge in [0.05, 0.1) is 21.4 Å². The lowest BCUT2D eigenvalue weighted by atomic mass is 9.95. The van der Waals surface area contributed by atoms with Crippen molar-refractivity contribution in [1.29, 1.82) is 0 Å². The van der Waals surface area contributed by atoms with E-state index in [2.05, 4.69) is 16.0 Å². The summed E-state index contributed by atoms with van der Waals surface area (Å²) in [6.45, 7) is 1.47. The number of phenols is 1.